The monoisotopic (exact) mass is 289 g/mol. The summed E-state index contributed by atoms with van der Waals surface area (Å²) in [6.45, 7) is 5.46. The molecule has 0 spiro atoms. The number of benzene rings is 1. The summed E-state index contributed by atoms with van der Waals surface area (Å²) in [5, 5.41) is 9.49. The standard InChI is InChI=1S/C16H19NO4/c1-10(2)16(3)9-12(18)17(15(16)21)13(14(19)20)11-7-5-4-6-8-11/h4-8,10,13H,9H2,1-3H3,(H,19,20)/t13-,16+/m1/s1. The minimum Gasteiger partial charge on any atom is -0.479 e. The van der Waals surface area contributed by atoms with Crippen LogP contribution in [0.1, 0.15) is 38.8 Å². The molecule has 0 saturated carbocycles. The van der Waals surface area contributed by atoms with E-state index in [0.717, 1.165) is 4.90 Å². The second kappa shape index (κ2) is 5.31. The summed E-state index contributed by atoms with van der Waals surface area (Å²) in [7, 11) is 0. The van der Waals surface area contributed by atoms with Crippen LogP contribution >= 0.6 is 0 Å². The van der Waals surface area contributed by atoms with Crippen LogP contribution in [0.5, 0.6) is 0 Å². The van der Waals surface area contributed by atoms with Gasteiger partial charge >= 0.3 is 5.97 Å². The summed E-state index contributed by atoms with van der Waals surface area (Å²) in [6.07, 6.45) is 0.0557. The maximum atomic E-state index is 12.6. The summed E-state index contributed by atoms with van der Waals surface area (Å²) in [4.78, 5) is 37.4. The van der Waals surface area contributed by atoms with Crippen LogP contribution in [-0.4, -0.2) is 27.8 Å². The zero-order chi connectivity index (χ0) is 15.8. The fraction of sp³-hybridized carbons (Fsp3) is 0.438. The van der Waals surface area contributed by atoms with Crippen molar-refractivity contribution in [1.29, 1.82) is 0 Å². The summed E-state index contributed by atoms with van der Waals surface area (Å²) in [5.41, 5.74) is -0.403. The largest absolute Gasteiger partial charge is 0.479 e. The van der Waals surface area contributed by atoms with E-state index in [0.29, 0.717) is 5.56 Å². The molecule has 0 aliphatic carbocycles. The molecule has 1 heterocycles. The molecule has 0 aromatic heterocycles. The first-order valence-corrected chi connectivity index (χ1v) is 6.93. The van der Waals surface area contributed by atoms with Crippen molar-refractivity contribution in [2.45, 2.75) is 33.2 Å². The van der Waals surface area contributed by atoms with Gasteiger partial charge in [0, 0.05) is 6.42 Å². The Kier molecular flexibility index (Phi) is 3.85. The lowest BCUT2D eigenvalue weighted by atomic mass is 9.78. The predicted octanol–water partition coefficient (Wildman–Crippen LogP) is 2.23. The summed E-state index contributed by atoms with van der Waals surface area (Å²) in [5.74, 6) is -2.06. The van der Waals surface area contributed by atoms with E-state index in [1.165, 1.54) is 0 Å². The average molecular weight is 289 g/mol. The van der Waals surface area contributed by atoms with Crippen molar-refractivity contribution in [2.24, 2.45) is 11.3 Å². The summed E-state index contributed by atoms with van der Waals surface area (Å²) in [6, 6.07) is 7.12. The van der Waals surface area contributed by atoms with Crippen LogP contribution < -0.4 is 0 Å². The van der Waals surface area contributed by atoms with Gasteiger partial charge in [-0.25, -0.2) is 4.79 Å². The third kappa shape index (κ3) is 2.44. The van der Waals surface area contributed by atoms with Crippen LogP contribution in [0, 0.1) is 11.3 Å². The number of imide groups is 1. The van der Waals surface area contributed by atoms with Gasteiger partial charge in [-0.2, -0.15) is 0 Å². The van der Waals surface area contributed by atoms with Gasteiger partial charge in [0.1, 0.15) is 0 Å². The van der Waals surface area contributed by atoms with Crippen molar-refractivity contribution in [3.63, 3.8) is 0 Å². The van der Waals surface area contributed by atoms with Gasteiger partial charge in [0.15, 0.2) is 6.04 Å². The van der Waals surface area contributed by atoms with Crippen LogP contribution in [-0.2, 0) is 14.4 Å². The highest BCUT2D eigenvalue weighted by Crippen LogP contribution is 2.42. The lowest BCUT2D eigenvalue weighted by Crippen LogP contribution is -2.42. The van der Waals surface area contributed by atoms with Gasteiger partial charge in [-0.15, -0.1) is 0 Å². The lowest BCUT2D eigenvalue weighted by molar-refractivity contribution is -0.156. The number of aliphatic carboxylic acids is 1. The average Bonchev–Trinajstić information content (AvgIpc) is 2.65. The fourth-order valence-corrected chi connectivity index (χ4v) is 2.61. The topological polar surface area (TPSA) is 74.7 Å². The molecule has 2 atom stereocenters. The number of nitrogens with zero attached hydrogens (tertiary/aromatic N) is 1. The van der Waals surface area contributed by atoms with Gasteiger partial charge in [0.2, 0.25) is 11.8 Å². The van der Waals surface area contributed by atoms with E-state index in [9.17, 15) is 19.5 Å². The highest BCUT2D eigenvalue weighted by Gasteiger charge is 2.53. The van der Waals surface area contributed by atoms with Crippen molar-refractivity contribution in [3.05, 3.63) is 35.9 Å². The molecule has 1 aliphatic rings. The Morgan fingerprint density at radius 1 is 1.24 bits per heavy atom. The number of carboxylic acids is 1. The molecular weight excluding hydrogens is 270 g/mol. The van der Waals surface area contributed by atoms with Crippen LogP contribution in [0.3, 0.4) is 0 Å². The minimum absolute atomic E-state index is 0.0378. The number of hydrogen-bond donors (Lipinski definition) is 1. The number of amides is 2. The zero-order valence-electron chi connectivity index (χ0n) is 12.4. The van der Waals surface area contributed by atoms with E-state index >= 15 is 0 Å². The molecule has 112 valence electrons. The molecule has 5 heteroatoms. The molecule has 1 fully saturated rings. The molecule has 2 amide bonds. The number of carboxylic acid groups (broad SMARTS) is 1. The highest BCUT2D eigenvalue weighted by atomic mass is 16.4. The van der Waals surface area contributed by atoms with Crippen molar-refractivity contribution in [3.8, 4) is 0 Å². The van der Waals surface area contributed by atoms with E-state index in [4.69, 9.17) is 0 Å². The van der Waals surface area contributed by atoms with Gasteiger partial charge in [0.05, 0.1) is 5.41 Å². The highest BCUT2D eigenvalue weighted by molar-refractivity contribution is 6.08. The third-order valence-corrected chi connectivity index (χ3v) is 4.38. The Morgan fingerprint density at radius 3 is 2.24 bits per heavy atom. The number of hydrogen-bond acceptors (Lipinski definition) is 3. The predicted molar refractivity (Wildman–Crippen MR) is 76.2 cm³/mol. The molecular formula is C16H19NO4. The maximum absolute atomic E-state index is 12.6. The smallest absolute Gasteiger partial charge is 0.331 e. The molecule has 21 heavy (non-hydrogen) atoms. The van der Waals surface area contributed by atoms with Crippen LogP contribution in [0.25, 0.3) is 0 Å². The lowest BCUT2D eigenvalue weighted by Gasteiger charge is -2.28. The van der Waals surface area contributed by atoms with Crippen molar-refractivity contribution in [2.75, 3.05) is 0 Å². The van der Waals surface area contributed by atoms with Gasteiger partial charge < -0.3 is 5.11 Å². The molecule has 0 radical (unpaired) electrons. The molecule has 1 saturated heterocycles. The Labute approximate surface area is 123 Å². The third-order valence-electron chi connectivity index (χ3n) is 4.38. The molecule has 0 bridgehead atoms. The first-order valence-electron chi connectivity index (χ1n) is 6.93. The number of rotatable bonds is 4. The maximum Gasteiger partial charge on any atom is 0.331 e. The Hall–Kier alpha value is -2.17. The molecule has 1 aromatic rings. The number of carbonyl (C=O) groups is 3. The molecule has 2 rings (SSSR count). The Bertz CT molecular complexity index is 581. The molecule has 1 N–H and O–H groups in total. The van der Waals surface area contributed by atoms with Crippen LogP contribution in [0.4, 0.5) is 0 Å². The summed E-state index contributed by atoms with van der Waals surface area (Å²) >= 11 is 0. The van der Waals surface area contributed by atoms with Crippen molar-refractivity contribution < 1.29 is 19.5 Å². The van der Waals surface area contributed by atoms with Gasteiger partial charge in [-0.05, 0) is 18.4 Å². The van der Waals surface area contributed by atoms with E-state index in [1.54, 1.807) is 37.3 Å². The van der Waals surface area contributed by atoms with Gasteiger partial charge in [-0.1, -0.05) is 44.2 Å². The number of likely N-dealkylation sites (tertiary alicyclic amines) is 1. The van der Waals surface area contributed by atoms with E-state index < -0.39 is 29.2 Å². The molecule has 0 unspecified atom stereocenters. The number of carbonyl (C=O) groups excluding carboxylic acids is 2. The Balaban J connectivity index is 2.45. The van der Waals surface area contributed by atoms with E-state index in [2.05, 4.69) is 0 Å². The van der Waals surface area contributed by atoms with E-state index in [1.807, 2.05) is 13.8 Å². The van der Waals surface area contributed by atoms with Crippen molar-refractivity contribution in [1.82, 2.24) is 4.90 Å². The first kappa shape index (κ1) is 15.2. The molecule has 1 aliphatic heterocycles. The first-order chi connectivity index (χ1) is 9.79. The zero-order valence-corrected chi connectivity index (χ0v) is 12.4. The summed E-state index contributed by atoms with van der Waals surface area (Å²) < 4.78 is 0. The normalized spacial score (nSPS) is 23.7. The van der Waals surface area contributed by atoms with Gasteiger partial charge in [0.25, 0.3) is 0 Å². The van der Waals surface area contributed by atoms with Gasteiger partial charge in [-0.3, -0.25) is 14.5 Å². The SMILES string of the molecule is CC(C)[C@]1(C)CC(=O)N([C@@H](C(=O)O)c2ccccc2)C1=O. The van der Waals surface area contributed by atoms with Crippen molar-refractivity contribution >= 4 is 17.8 Å². The van der Waals surface area contributed by atoms with Crippen LogP contribution in [0.15, 0.2) is 30.3 Å². The molecule has 1 aromatic carbocycles. The molecule has 5 nitrogen and oxygen atoms in total. The second-order valence-electron chi connectivity index (χ2n) is 5.97. The Morgan fingerprint density at radius 2 is 1.81 bits per heavy atom. The fourth-order valence-electron chi connectivity index (χ4n) is 2.61. The second-order valence-corrected chi connectivity index (χ2v) is 5.97. The van der Waals surface area contributed by atoms with Crippen LogP contribution in [0.2, 0.25) is 0 Å². The van der Waals surface area contributed by atoms with E-state index in [-0.39, 0.29) is 12.3 Å². The minimum atomic E-state index is -1.26. The quantitative estimate of drug-likeness (QED) is 0.862.